The van der Waals surface area contributed by atoms with Crippen molar-refractivity contribution in [1.29, 1.82) is 0 Å². The number of nitrogen functional groups attached to an aromatic ring is 1. The zero-order valence-corrected chi connectivity index (χ0v) is 18.0. The monoisotopic (exact) mass is 404 g/mol. The van der Waals surface area contributed by atoms with Crippen LogP contribution in [0.1, 0.15) is 38.4 Å². The molecule has 0 amide bonds. The first-order chi connectivity index (χ1) is 13.4. The lowest BCUT2D eigenvalue weighted by Gasteiger charge is -2.13. The predicted molar refractivity (Wildman–Crippen MR) is 116 cm³/mol. The molecule has 0 spiro atoms. The standard InChI is InChI=1S/C20H30N5O2P/c1-4-5-8-17-24-18-19(25(17)27-12-7-6-11-21)15-10-9-14(28(2,3)26)13-16(15)23-20(18)22/h9-10,13H,4-8,11-12,21H2,1-3H3,(H2,22,23)/p+1. The molecule has 2 heterocycles. The first-order valence-corrected chi connectivity index (χ1v) is 12.6. The zero-order valence-electron chi connectivity index (χ0n) is 17.1. The number of nitrogens with zero attached hydrogens (tertiary/aromatic N) is 3. The molecule has 0 unspecified atom stereocenters. The van der Waals surface area contributed by atoms with E-state index in [4.69, 9.17) is 15.6 Å². The molecule has 0 saturated carbocycles. The fraction of sp³-hybridized carbons (Fsp3) is 0.500. The Bertz CT molecular complexity index is 1020. The number of unbranched alkanes of at least 4 members (excludes halogenated alkanes) is 2. The highest BCUT2D eigenvalue weighted by atomic mass is 31.2. The molecular formula is C20H31N5O2P+. The summed E-state index contributed by atoms with van der Waals surface area (Å²) in [6.07, 6.45) is 4.88. The maximum absolute atomic E-state index is 12.5. The number of quaternary nitrogens is 1. The molecule has 8 heteroatoms. The number of hydrogen-bond acceptors (Lipinski definition) is 5. The third kappa shape index (κ3) is 4.15. The van der Waals surface area contributed by atoms with E-state index >= 15 is 0 Å². The highest BCUT2D eigenvalue weighted by molar-refractivity contribution is 7.70. The minimum Gasteiger partial charge on any atom is -0.412 e. The number of aromatic nitrogens is 3. The summed E-state index contributed by atoms with van der Waals surface area (Å²) in [6.45, 7) is 7.17. The van der Waals surface area contributed by atoms with E-state index in [1.807, 2.05) is 22.9 Å². The Balaban J connectivity index is 2.18. The van der Waals surface area contributed by atoms with Crippen LogP contribution in [0.15, 0.2) is 18.2 Å². The van der Waals surface area contributed by atoms with Crippen LogP contribution >= 0.6 is 7.14 Å². The van der Waals surface area contributed by atoms with Gasteiger partial charge >= 0.3 is 0 Å². The molecule has 0 aliphatic carbocycles. The van der Waals surface area contributed by atoms with Gasteiger partial charge in [-0.25, -0.2) is 9.97 Å². The molecule has 0 radical (unpaired) electrons. The van der Waals surface area contributed by atoms with Crippen molar-refractivity contribution in [2.75, 3.05) is 32.2 Å². The van der Waals surface area contributed by atoms with Crippen LogP contribution in [0.4, 0.5) is 5.82 Å². The van der Waals surface area contributed by atoms with Crippen LogP contribution in [-0.2, 0) is 11.0 Å². The quantitative estimate of drug-likeness (QED) is 0.420. The number of fused-ring (bicyclic) bond motifs is 3. The molecule has 0 fully saturated rings. The van der Waals surface area contributed by atoms with Gasteiger partial charge in [0.1, 0.15) is 30.6 Å². The van der Waals surface area contributed by atoms with Gasteiger partial charge in [-0.1, -0.05) is 19.4 Å². The molecular weight excluding hydrogens is 373 g/mol. The molecule has 28 heavy (non-hydrogen) atoms. The van der Waals surface area contributed by atoms with Gasteiger partial charge in [-0.15, -0.1) is 0 Å². The summed E-state index contributed by atoms with van der Waals surface area (Å²) in [5.74, 6) is 1.24. The number of aryl methyl sites for hydroxylation is 1. The summed E-state index contributed by atoms with van der Waals surface area (Å²) in [5.41, 5.74) is 12.4. The Hall–Kier alpha value is -2.11. The molecule has 5 N–H and O–H groups in total. The van der Waals surface area contributed by atoms with Crippen molar-refractivity contribution < 1.29 is 15.1 Å². The van der Waals surface area contributed by atoms with Crippen LogP contribution in [-0.4, -0.2) is 41.2 Å². The Morgan fingerprint density at radius 2 is 2.00 bits per heavy atom. The SMILES string of the molecule is CCCCc1nc2c(N)nc3cc(P(C)(C)=O)ccc3c2n1OCCCC[NH3+]. The lowest BCUT2D eigenvalue weighted by Crippen LogP contribution is -2.50. The van der Waals surface area contributed by atoms with E-state index < -0.39 is 7.14 Å². The molecule has 7 nitrogen and oxygen atoms in total. The molecule has 2 aromatic heterocycles. The fourth-order valence-corrected chi connectivity index (χ4v) is 4.13. The molecule has 3 rings (SSSR count). The topological polar surface area (TPSA) is 111 Å². The highest BCUT2D eigenvalue weighted by Crippen LogP contribution is 2.36. The van der Waals surface area contributed by atoms with Crippen molar-refractivity contribution in [3.05, 3.63) is 24.0 Å². The van der Waals surface area contributed by atoms with Crippen molar-refractivity contribution in [3.63, 3.8) is 0 Å². The van der Waals surface area contributed by atoms with Gasteiger partial charge in [-0.3, -0.25) is 0 Å². The van der Waals surface area contributed by atoms with Crippen molar-refractivity contribution in [3.8, 4) is 0 Å². The van der Waals surface area contributed by atoms with Gasteiger partial charge in [0, 0.05) is 17.1 Å². The summed E-state index contributed by atoms with van der Waals surface area (Å²) < 4.78 is 14.3. The van der Waals surface area contributed by atoms with Gasteiger partial charge < -0.3 is 20.9 Å². The van der Waals surface area contributed by atoms with Gasteiger partial charge in [0.2, 0.25) is 0 Å². The Morgan fingerprint density at radius 3 is 2.68 bits per heavy atom. The summed E-state index contributed by atoms with van der Waals surface area (Å²) in [4.78, 5) is 15.4. The smallest absolute Gasteiger partial charge is 0.152 e. The zero-order chi connectivity index (χ0) is 20.3. The van der Waals surface area contributed by atoms with Gasteiger partial charge in [0.05, 0.1) is 12.1 Å². The van der Waals surface area contributed by atoms with Crippen LogP contribution in [0.2, 0.25) is 0 Å². The van der Waals surface area contributed by atoms with Crippen LogP contribution in [0, 0.1) is 0 Å². The van der Waals surface area contributed by atoms with E-state index in [0.29, 0.717) is 17.9 Å². The third-order valence-corrected chi connectivity index (χ3v) is 6.38. The first-order valence-electron chi connectivity index (χ1n) is 9.95. The fourth-order valence-electron chi connectivity index (χ4n) is 3.26. The third-order valence-electron chi connectivity index (χ3n) is 4.86. The van der Waals surface area contributed by atoms with Gasteiger partial charge in [-0.2, -0.15) is 4.73 Å². The summed E-state index contributed by atoms with van der Waals surface area (Å²) in [5, 5.41) is 1.70. The van der Waals surface area contributed by atoms with Crippen LogP contribution in [0.25, 0.3) is 21.9 Å². The first kappa shape index (κ1) is 20.6. The van der Waals surface area contributed by atoms with E-state index in [-0.39, 0.29) is 0 Å². The second-order valence-electron chi connectivity index (χ2n) is 7.57. The number of pyridine rings is 1. The average molecular weight is 404 g/mol. The van der Waals surface area contributed by atoms with E-state index in [2.05, 4.69) is 17.6 Å². The molecule has 0 bridgehead atoms. The minimum atomic E-state index is -2.39. The lowest BCUT2D eigenvalue weighted by atomic mass is 10.2. The molecule has 0 aliphatic heterocycles. The van der Waals surface area contributed by atoms with Gasteiger partial charge in [0.15, 0.2) is 5.82 Å². The predicted octanol–water partition coefficient (Wildman–Crippen LogP) is 2.21. The maximum atomic E-state index is 12.5. The number of benzene rings is 1. The van der Waals surface area contributed by atoms with Gasteiger partial charge in [-0.05, 0) is 44.7 Å². The molecule has 1 aromatic carbocycles. The van der Waals surface area contributed by atoms with E-state index in [1.165, 1.54) is 0 Å². The number of nitrogens with two attached hydrogens (primary N) is 1. The summed E-state index contributed by atoms with van der Waals surface area (Å²) in [7, 11) is -2.39. The van der Waals surface area contributed by atoms with E-state index in [0.717, 1.165) is 66.2 Å². The molecule has 3 aromatic rings. The normalized spacial score (nSPS) is 12.1. The molecule has 152 valence electrons. The van der Waals surface area contributed by atoms with E-state index in [1.54, 1.807) is 13.3 Å². The Labute approximate surface area is 165 Å². The van der Waals surface area contributed by atoms with Crippen LogP contribution in [0.3, 0.4) is 0 Å². The van der Waals surface area contributed by atoms with Crippen LogP contribution < -0.4 is 21.6 Å². The maximum Gasteiger partial charge on any atom is 0.152 e. The Kier molecular flexibility index (Phi) is 6.26. The molecule has 0 saturated heterocycles. The second kappa shape index (κ2) is 8.50. The van der Waals surface area contributed by atoms with Crippen molar-refractivity contribution in [2.45, 2.75) is 39.0 Å². The van der Waals surface area contributed by atoms with Crippen molar-refractivity contribution in [1.82, 2.24) is 14.7 Å². The highest BCUT2D eigenvalue weighted by Gasteiger charge is 2.20. The Morgan fingerprint density at radius 1 is 1.21 bits per heavy atom. The second-order valence-corrected chi connectivity index (χ2v) is 10.8. The number of anilines is 1. The largest absolute Gasteiger partial charge is 0.412 e. The van der Waals surface area contributed by atoms with E-state index in [9.17, 15) is 4.57 Å². The number of hydrogen-bond donors (Lipinski definition) is 2. The average Bonchev–Trinajstić information content (AvgIpc) is 3.02. The summed E-state index contributed by atoms with van der Waals surface area (Å²) in [6, 6.07) is 5.74. The number of rotatable bonds is 9. The molecule has 0 atom stereocenters. The molecule has 0 aliphatic rings. The van der Waals surface area contributed by atoms with Gasteiger partial charge in [0.25, 0.3) is 0 Å². The summed E-state index contributed by atoms with van der Waals surface area (Å²) >= 11 is 0. The van der Waals surface area contributed by atoms with Crippen molar-refractivity contribution >= 4 is 40.2 Å². The lowest BCUT2D eigenvalue weighted by molar-refractivity contribution is -0.368. The van der Waals surface area contributed by atoms with Crippen LogP contribution in [0.5, 0.6) is 0 Å². The number of imidazole rings is 1. The van der Waals surface area contributed by atoms with Crippen molar-refractivity contribution in [2.24, 2.45) is 0 Å². The minimum absolute atomic E-state index is 0.375.